The Morgan fingerprint density at radius 2 is 2.04 bits per heavy atom. The number of halogens is 1. The first-order chi connectivity index (χ1) is 12.4. The van der Waals surface area contributed by atoms with E-state index in [0.29, 0.717) is 5.71 Å². The van der Waals surface area contributed by atoms with E-state index in [0.717, 1.165) is 25.4 Å². The van der Waals surface area contributed by atoms with Crippen LogP contribution in [0.1, 0.15) is 28.8 Å². The maximum Gasteiger partial charge on any atom is 0.303 e. The summed E-state index contributed by atoms with van der Waals surface area (Å²) in [5.74, 6) is -0.876. The zero-order valence-electron chi connectivity index (χ0n) is 14.4. The van der Waals surface area contributed by atoms with E-state index in [1.54, 1.807) is 0 Å². The van der Waals surface area contributed by atoms with E-state index in [9.17, 15) is 9.59 Å². The Hall–Kier alpha value is -1.64. The van der Waals surface area contributed by atoms with Crippen molar-refractivity contribution in [1.82, 2.24) is 5.43 Å². The van der Waals surface area contributed by atoms with E-state index in [4.69, 9.17) is 5.11 Å². The van der Waals surface area contributed by atoms with Crippen molar-refractivity contribution in [2.24, 2.45) is 5.10 Å². The van der Waals surface area contributed by atoms with Gasteiger partial charge in [-0.25, -0.2) is 5.43 Å². The van der Waals surface area contributed by atoms with E-state index in [-0.39, 0.29) is 24.5 Å². The molecule has 0 radical (unpaired) electrons. The van der Waals surface area contributed by atoms with Crippen molar-refractivity contribution >= 4 is 56.6 Å². The monoisotopic (exact) mass is 454 g/mol. The molecule has 1 aromatic heterocycles. The number of hydrogen-bond donors (Lipinski definition) is 2. The summed E-state index contributed by atoms with van der Waals surface area (Å²) in [4.78, 5) is 24.8. The molecule has 0 atom stereocenters. The van der Waals surface area contributed by atoms with Gasteiger partial charge in [0, 0.05) is 15.8 Å². The van der Waals surface area contributed by atoms with Crippen molar-refractivity contribution in [3.8, 4) is 0 Å². The third kappa shape index (κ3) is 6.26. The summed E-state index contributed by atoms with van der Waals surface area (Å²) in [6, 6.07) is 7.81. The van der Waals surface area contributed by atoms with Crippen LogP contribution in [0.5, 0.6) is 0 Å². The number of nitrogens with one attached hydrogen (secondary N) is 1. The van der Waals surface area contributed by atoms with Gasteiger partial charge in [0.15, 0.2) is 0 Å². The van der Waals surface area contributed by atoms with Gasteiger partial charge in [-0.3, -0.25) is 9.59 Å². The van der Waals surface area contributed by atoms with Crippen molar-refractivity contribution in [1.29, 1.82) is 0 Å². The number of hydrazone groups is 1. The van der Waals surface area contributed by atoms with Crippen LogP contribution >= 0.6 is 39.0 Å². The van der Waals surface area contributed by atoms with Crippen molar-refractivity contribution in [3.63, 3.8) is 0 Å². The number of rotatable bonds is 8. The Morgan fingerprint density at radius 3 is 2.69 bits per heavy atom. The second-order valence-corrected chi connectivity index (χ2v) is 8.44. The Morgan fingerprint density at radius 1 is 1.27 bits per heavy atom. The molecule has 0 aliphatic rings. The number of aryl methyl sites for hydroxylation is 2. The van der Waals surface area contributed by atoms with Gasteiger partial charge in [0.25, 0.3) is 0 Å². The zero-order valence-corrected chi connectivity index (χ0v) is 17.6. The van der Waals surface area contributed by atoms with Crippen LogP contribution in [0.15, 0.2) is 44.1 Å². The van der Waals surface area contributed by atoms with Crippen LogP contribution in [-0.2, 0) is 9.59 Å². The van der Waals surface area contributed by atoms with Gasteiger partial charge in [-0.2, -0.15) is 5.10 Å². The van der Waals surface area contributed by atoms with Gasteiger partial charge in [0.2, 0.25) is 5.91 Å². The van der Waals surface area contributed by atoms with E-state index in [1.165, 1.54) is 23.1 Å². The molecule has 138 valence electrons. The molecule has 2 rings (SSSR count). The maximum absolute atomic E-state index is 12.1. The molecule has 26 heavy (non-hydrogen) atoms. The summed E-state index contributed by atoms with van der Waals surface area (Å²) in [6.45, 7) is 4.01. The van der Waals surface area contributed by atoms with Gasteiger partial charge in [0.1, 0.15) is 0 Å². The minimum Gasteiger partial charge on any atom is -0.481 e. The number of aliphatic carboxylic acids is 1. The SMILES string of the molecule is Cc1cc(SCC(=O)NN=C(CCC(=O)O)c2cccs2)c(C)cc1Br. The van der Waals surface area contributed by atoms with E-state index < -0.39 is 5.97 Å². The number of hydrogen-bond acceptors (Lipinski definition) is 5. The number of carbonyl (C=O) groups excluding carboxylic acids is 1. The smallest absolute Gasteiger partial charge is 0.303 e. The summed E-state index contributed by atoms with van der Waals surface area (Å²) in [6.07, 6.45) is 0.243. The summed E-state index contributed by atoms with van der Waals surface area (Å²) in [5, 5.41) is 14.9. The number of carboxylic acids is 1. The molecule has 1 heterocycles. The van der Waals surface area contributed by atoms with Crippen molar-refractivity contribution in [2.45, 2.75) is 31.6 Å². The molecule has 0 unspecified atom stereocenters. The largest absolute Gasteiger partial charge is 0.481 e. The number of nitrogens with zero attached hydrogens (tertiary/aromatic N) is 1. The second-order valence-electron chi connectivity index (χ2n) is 5.62. The molecule has 0 saturated heterocycles. The number of thiophene rings is 1. The van der Waals surface area contributed by atoms with Crippen molar-refractivity contribution in [2.75, 3.05) is 5.75 Å². The van der Waals surface area contributed by atoms with Gasteiger partial charge in [-0.15, -0.1) is 23.1 Å². The predicted molar refractivity (Wildman–Crippen MR) is 110 cm³/mol. The third-order valence-corrected chi connectivity index (χ3v) is 6.44. The Kier molecular flexibility index (Phi) is 7.86. The second kappa shape index (κ2) is 9.89. The molecule has 8 heteroatoms. The predicted octanol–water partition coefficient (Wildman–Crippen LogP) is 4.60. The molecule has 1 aromatic carbocycles. The van der Waals surface area contributed by atoms with Crippen LogP contribution in [-0.4, -0.2) is 28.4 Å². The van der Waals surface area contributed by atoms with Crippen molar-refractivity contribution < 1.29 is 14.7 Å². The van der Waals surface area contributed by atoms with E-state index in [1.807, 2.05) is 43.5 Å². The number of benzene rings is 1. The average Bonchev–Trinajstić information content (AvgIpc) is 3.11. The third-order valence-electron chi connectivity index (χ3n) is 3.51. The molecule has 0 aliphatic heterocycles. The number of thioether (sulfide) groups is 1. The Labute approximate surface area is 169 Å². The van der Waals surface area contributed by atoms with E-state index in [2.05, 4.69) is 26.5 Å². The van der Waals surface area contributed by atoms with Crippen LogP contribution in [0.2, 0.25) is 0 Å². The molecular weight excluding hydrogens is 436 g/mol. The minimum absolute atomic E-state index is 0.0290. The standard InChI is InChI=1S/C18H19BrN2O3S2/c1-11-9-16(12(2)8-13(11)19)26-10-17(22)21-20-14(5-6-18(23)24)15-4-3-7-25-15/h3-4,7-9H,5-6,10H2,1-2H3,(H,21,22)(H,23,24). The molecule has 2 aromatic rings. The Balaban J connectivity index is 1.97. The normalized spacial score (nSPS) is 11.4. The van der Waals surface area contributed by atoms with Gasteiger partial charge in [-0.1, -0.05) is 22.0 Å². The molecular formula is C18H19BrN2O3S2. The van der Waals surface area contributed by atoms with Gasteiger partial charge in [-0.05, 0) is 48.6 Å². The molecule has 5 nitrogen and oxygen atoms in total. The number of carboxylic acid groups (broad SMARTS) is 1. The van der Waals surface area contributed by atoms with Crippen molar-refractivity contribution in [3.05, 3.63) is 50.1 Å². The van der Waals surface area contributed by atoms with Gasteiger partial charge < -0.3 is 5.11 Å². The number of carbonyl (C=O) groups is 2. The first kappa shape index (κ1) is 20.7. The molecule has 0 saturated carbocycles. The lowest BCUT2D eigenvalue weighted by Gasteiger charge is -2.08. The highest BCUT2D eigenvalue weighted by molar-refractivity contribution is 9.10. The minimum atomic E-state index is -0.891. The first-order valence-corrected chi connectivity index (χ1v) is 10.5. The quantitative estimate of drug-likeness (QED) is 0.346. The molecule has 2 N–H and O–H groups in total. The topological polar surface area (TPSA) is 78.8 Å². The summed E-state index contributed by atoms with van der Waals surface area (Å²) < 4.78 is 1.05. The summed E-state index contributed by atoms with van der Waals surface area (Å²) in [7, 11) is 0. The fourth-order valence-corrected chi connectivity index (χ4v) is 4.22. The van der Waals surface area contributed by atoms with E-state index >= 15 is 0 Å². The fraction of sp³-hybridized carbons (Fsp3) is 0.278. The molecule has 0 aliphatic carbocycles. The molecule has 1 amide bonds. The van der Waals surface area contributed by atoms with Crippen LogP contribution in [0.25, 0.3) is 0 Å². The van der Waals surface area contributed by atoms with Gasteiger partial charge >= 0.3 is 5.97 Å². The van der Waals surface area contributed by atoms with Gasteiger partial charge in [0.05, 0.1) is 22.8 Å². The lowest BCUT2D eigenvalue weighted by Crippen LogP contribution is -2.22. The summed E-state index contributed by atoms with van der Waals surface area (Å²) in [5.41, 5.74) is 5.34. The zero-order chi connectivity index (χ0) is 19.1. The molecule has 0 fully saturated rings. The van der Waals surface area contributed by atoms with Crippen LogP contribution < -0.4 is 5.43 Å². The molecule has 0 spiro atoms. The first-order valence-electron chi connectivity index (χ1n) is 7.87. The maximum atomic E-state index is 12.1. The highest BCUT2D eigenvalue weighted by Gasteiger charge is 2.10. The summed E-state index contributed by atoms with van der Waals surface area (Å²) >= 11 is 6.41. The average molecular weight is 455 g/mol. The fourth-order valence-electron chi connectivity index (χ4n) is 2.12. The highest BCUT2D eigenvalue weighted by Crippen LogP contribution is 2.28. The molecule has 0 bridgehead atoms. The number of amides is 1. The lowest BCUT2D eigenvalue weighted by atomic mass is 10.2. The lowest BCUT2D eigenvalue weighted by molar-refractivity contribution is -0.136. The highest BCUT2D eigenvalue weighted by atomic mass is 79.9. The van der Waals surface area contributed by atoms with Crippen LogP contribution in [0.4, 0.5) is 0 Å². The van der Waals surface area contributed by atoms with Crippen LogP contribution in [0, 0.1) is 13.8 Å². The Bertz CT molecular complexity index is 820. The van der Waals surface area contributed by atoms with Crippen LogP contribution in [0.3, 0.4) is 0 Å².